The van der Waals surface area contributed by atoms with Crippen LogP contribution in [0, 0.1) is 0 Å². The lowest BCUT2D eigenvalue weighted by Gasteiger charge is -2.03. The molecular formula is C16H14ClNO2. The number of fused-ring (bicyclic) bond motifs is 1. The van der Waals surface area contributed by atoms with Gasteiger partial charge in [-0.3, -0.25) is 0 Å². The van der Waals surface area contributed by atoms with Gasteiger partial charge in [-0.25, -0.2) is 0 Å². The highest BCUT2D eigenvalue weighted by atomic mass is 35.5. The molecule has 3 rings (SSSR count). The fourth-order valence-corrected chi connectivity index (χ4v) is 2.31. The number of furan rings is 1. The molecule has 4 heteroatoms. The summed E-state index contributed by atoms with van der Waals surface area (Å²) in [6, 6.07) is 15.1. The zero-order valence-corrected chi connectivity index (χ0v) is 11.6. The Morgan fingerprint density at radius 1 is 1.10 bits per heavy atom. The van der Waals surface area contributed by atoms with Crippen molar-refractivity contribution in [2.45, 2.75) is 13.2 Å². The second-order valence-corrected chi connectivity index (χ2v) is 4.93. The van der Waals surface area contributed by atoms with Crippen LogP contribution in [0.1, 0.15) is 11.3 Å². The Morgan fingerprint density at radius 3 is 2.75 bits per heavy atom. The SMILES string of the molecule is NCc1cccc2oc(COc3cccc(Cl)c3)cc12. The van der Waals surface area contributed by atoms with E-state index < -0.39 is 0 Å². The lowest BCUT2D eigenvalue weighted by molar-refractivity contribution is 0.274. The number of rotatable bonds is 4. The first-order chi connectivity index (χ1) is 9.76. The maximum Gasteiger partial charge on any atom is 0.146 e. The van der Waals surface area contributed by atoms with Crippen molar-refractivity contribution in [3.63, 3.8) is 0 Å². The lowest BCUT2D eigenvalue weighted by atomic mass is 10.1. The summed E-state index contributed by atoms with van der Waals surface area (Å²) in [5, 5.41) is 1.69. The van der Waals surface area contributed by atoms with Gasteiger partial charge in [0.2, 0.25) is 0 Å². The van der Waals surface area contributed by atoms with Crippen LogP contribution in [0.5, 0.6) is 5.75 Å². The summed E-state index contributed by atoms with van der Waals surface area (Å²) in [7, 11) is 0. The number of ether oxygens (including phenoxy) is 1. The van der Waals surface area contributed by atoms with E-state index in [1.54, 1.807) is 6.07 Å². The van der Waals surface area contributed by atoms with Gasteiger partial charge >= 0.3 is 0 Å². The van der Waals surface area contributed by atoms with Crippen LogP contribution in [0.4, 0.5) is 0 Å². The third-order valence-electron chi connectivity index (χ3n) is 3.10. The van der Waals surface area contributed by atoms with E-state index in [4.69, 9.17) is 26.5 Å². The monoisotopic (exact) mass is 287 g/mol. The Balaban J connectivity index is 1.81. The van der Waals surface area contributed by atoms with E-state index in [2.05, 4.69) is 0 Å². The van der Waals surface area contributed by atoms with Gasteiger partial charge in [-0.15, -0.1) is 0 Å². The highest BCUT2D eigenvalue weighted by molar-refractivity contribution is 6.30. The van der Waals surface area contributed by atoms with Gasteiger partial charge in [0, 0.05) is 17.0 Å². The van der Waals surface area contributed by atoms with Crippen molar-refractivity contribution in [2.24, 2.45) is 5.73 Å². The first-order valence-electron chi connectivity index (χ1n) is 6.35. The minimum absolute atomic E-state index is 0.360. The Labute approximate surface area is 121 Å². The quantitative estimate of drug-likeness (QED) is 0.785. The normalized spacial score (nSPS) is 10.9. The molecule has 1 heterocycles. The van der Waals surface area contributed by atoms with Gasteiger partial charge in [0.15, 0.2) is 0 Å². The van der Waals surface area contributed by atoms with E-state index in [0.717, 1.165) is 28.0 Å². The Bertz CT molecular complexity index is 736. The molecule has 0 amide bonds. The van der Waals surface area contributed by atoms with Crippen molar-refractivity contribution in [3.8, 4) is 5.75 Å². The van der Waals surface area contributed by atoms with Gasteiger partial charge in [-0.1, -0.05) is 29.8 Å². The molecule has 0 atom stereocenters. The summed E-state index contributed by atoms with van der Waals surface area (Å²) in [6.07, 6.45) is 0. The van der Waals surface area contributed by atoms with Crippen LogP contribution in [0.25, 0.3) is 11.0 Å². The molecule has 0 spiro atoms. The smallest absolute Gasteiger partial charge is 0.146 e. The van der Waals surface area contributed by atoms with Crippen LogP contribution in [0.3, 0.4) is 0 Å². The fraction of sp³-hybridized carbons (Fsp3) is 0.125. The molecule has 0 saturated carbocycles. The van der Waals surface area contributed by atoms with Crippen molar-refractivity contribution in [3.05, 3.63) is 64.9 Å². The van der Waals surface area contributed by atoms with Gasteiger partial charge in [0.05, 0.1) is 0 Å². The number of hydrogen-bond acceptors (Lipinski definition) is 3. The molecular weight excluding hydrogens is 274 g/mol. The average molecular weight is 288 g/mol. The highest BCUT2D eigenvalue weighted by Gasteiger charge is 2.07. The molecule has 2 aromatic carbocycles. The van der Waals surface area contributed by atoms with Crippen LogP contribution in [-0.4, -0.2) is 0 Å². The Morgan fingerprint density at radius 2 is 1.95 bits per heavy atom. The van der Waals surface area contributed by atoms with Crippen LogP contribution in [0.15, 0.2) is 52.9 Å². The third kappa shape index (κ3) is 2.64. The molecule has 0 fully saturated rings. The van der Waals surface area contributed by atoms with E-state index in [1.165, 1.54) is 0 Å². The van der Waals surface area contributed by atoms with Gasteiger partial charge in [-0.05, 0) is 35.9 Å². The largest absolute Gasteiger partial charge is 0.486 e. The molecule has 0 saturated heterocycles. The minimum atomic E-state index is 0.360. The molecule has 0 bridgehead atoms. The fourth-order valence-electron chi connectivity index (χ4n) is 2.13. The predicted molar refractivity (Wildman–Crippen MR) is 79.9 cm³/mol. The molecule has 3 aromatic rings. The van der Waals surface area contributed by atoms with Crippen molar-refractivity contribution < 1.29 is 9.15 Å². The van der Waals surface area contributed by atoms with E-state index >= 15 is 0 Å². The third-order valence-corrected chi connectivity index (χ3v) is 3.33. The molecule has 20 heavy (non-hydrogen) atoms. The maximum atomic E-state index is 5.91. The Kier molecular flexibility index (Phi) is 3.63. The van der Waals surface area contributed by atoms with Crippen molar-refractivity contribution in [1.29, 1.82) is 0 Å². The molecule has 2 N–H and O–H groups in total. The van der Waals surface area contributed by atoms with E-state index in [-0.39, 0.29) is 0 Å². The topological polar surface area (TPSA) is 48.4 Å². The molecule has 0 unspecified atom stereocenters. The van der Waals surface area contributed by atoms with Gasteiger partial charge in [0.25, 0.3) is 0 Å². The van der Waals surface area contributed by atoms with E-state index in [0.29, 0.717) is 18.2 Å². The summed E-state index contributed by atoms with van der Waals surface area (Å²) >= 11 is 5.91. The second-order valence-electron chi connectivity index (χ2n) is 4.49. The van der Waals surface area contributed by atoms with Gasteiger partial charge in [0.1, 0.15) is 23.7 Å². The molecule has 1 aromatic heterocycles. The number of hydrogen-bond donors (Lipinski definition) is 1. The van der Waals surface area contributed by atoms with Crippen LogP contribution >= 0.6 is 11.6 Å². The lowest BCUT2D eigenvalue weighted by Crippen LogP contribution is -1.95. The van der Waals surface area contributed by atoms with Gasteiger partial charge in [-0.2, -0.15) is 0 Å². The minimum Gasteiger partial charge on any atom is -0.486 e. The highest BCUT2D eigenvalue weighted by Crippen LogP contribution is 2.24. The standard InChI is InChI=1S/C16H14ClNO2/c17-12-4-2-5-13(7-12)19-10-14-8-15-11(9-18)3-1-6-16(15)20-14/h1-8H,9-10,18H2. The van der Waals surface area contributed by atoms with Crippen molar-refractivity contribution in [2.75, 3.05) is 0 Å². The first-order valence-corrected chi connectivity index (χ1v) is 6.73. The zero-order chi connectivity index (χ0) is 13.9. The van der Waals surface area contributed by atoms with Crippen LogP contribution in [-0.2, 0) is 13.2 Å². The Hall–Kier alpha value is -1.97. The van der Waals surface area contributed by atoms with E-state index in [1.807, 2.05) is 42.5 Å². The van der Waals surface area contributed by atoms with Crippen molar-refractivity contribution >= 4 is 22.6 Å². The molecule has 0 aliphatic heterocycles. The molecule has 0 radical (unpaired) electrons. The summed E-state index contributed by atoms with van der Waals surface area (Å²) in [5.41, 5.74) is 7.62. The van der Waals surface area contributed by atoms with Crippen LogP contribution < -0.4 is 10.5 Å². The number of benzene rings is 2. The number of nitrogens with two attached hydrogens (primary N) is 1. The summed E-state index contributed by atoms with van der Waals surface area (Å²) in [6.45, 7) is 0.852. The predicted octanol–water partition coefficient (Wildman–Crippen LogP) is 4.12. The molecule has 0 aliphatic carbocycles. The molecule has 3 nitrogen and oxygen atoms in total. The second kappa shape index (κ2) is 5.57. The molecule has 102 valence electrons. The van der Waals surface area contributed by atoms with Crippen LogP contribution in [0.2, 0.25) is 5.02 Å². The van der Waals surface area contributed by atoms with Crippen molar-refractivity contribution in [1.82, 2.24) is 0 Å². The maximum absolute atomic E-state index is 5.91. The summed E-state index contributed by atoms with van der Waals surface area (Å²) in [4.78, 5) is 0. The first kappa shape index (κ1) is 13.0. The number of halogens is 1. The molecule has 0 aliphatic rings. The van der Waals surface area contributed by atoms with Gasteiger partial charge < -0.3 is 14.9 Å². The average Bonchev–Trinajstić information content (AvgIpc) is 2.88. The van der Waals surface area contributed by atoms with E-state index in [9.17, 15) is 0 Å². The zero-order valence-electron chi connectivity index (χ0n) is 10.8. The summed E-state index contributed by atoms with van der Waals surface area (Å²) in [5.74, 6) is 1.48. The summed E-state index contributed by atoms with van der Waals surface area (Å²) < 4.78 is 11.4.